The second-order valence-electron chi connectivity index (χ2n) is 7.93. The number of carboxylic acid groups (broad SMARTS) is 1. The summed E-state index contributed by atoms with van der Waals surface area (Å²) >= 11 is 0. The number of carbonyl (C=O) groups is 5. The monoisotopic (exact) mass is 488 g/mol. The standard InChI is InChI=1S/C19H36N8O7/c1-9(2)14(27-15(30)10(20)5-6-13(21)29)17(32)26-12(8-28)16(31)25-11(18(33)34)4-3-7-24-19(22)23/h9-12,14,28H,3-8,20H2,1-2H3,(H2,21,29)(H,25,31)(H,26,32)(H,27,30)(H,33,34)(H4,22,23,24). The maximum atomic E-state index is 12.7. The molecule has 0 fully saturated rings. The van der Waals surface area contributed by atoms with Crippen molar-refractivity contribution in [2.45, 2.75) is 63.7 Å². The first-order valence-electron chi connectivity index (χ1n) is 10.6. The fourth-order valence-electron chi connectivity index (χ4n) is 2.71. The number of primary amides is 1. The van der Waals surface area contributed by atoms with E-state index in [9.17, 15) is 34.2 Å². The maximum Gasteiger partial charge on any atom is 0.326 e. The third kappa shape index (κ3) is 12.0. The Labute approximate surface area is 197 Å². The molecule has 0 saturated carbocycles. The molecule has 0 aromatic heterocycles. The van der Waals surface area contributed by atoms with Gasteiger partial charge in [0.25, 0.3) is 0 Å². The van der Waals surface area contributed by atoms with Gasteiger partial charge in [-0.05, 0) is 25.2 Å². The number of carbonyl (C=O) groups excluding carboxylic acids is 4. The molecule has 34 heavy (non-hydrogen) atoms. The van der Waals surface area contributed by atoms with E-state index in [0.29, 0.717) is 0 Å². The van der Waals surface area contributed by atoms with Crippen LogP contribution >= 0.6 is 0 Å². The highest BCUT2D eigenvalue weighted by molar-refractivity contribution is 5.94. The average molecular weight is 489 g/mol. The summed E-state index contributed by atoms with van der Waals surface area (Å²) in [6, 6.07) is -5.00. The van der Waals surface area contributed by atoms with Crippen molar-refractivity contribution in [3.63, 3.8) is 0 Å². The van der Waals surface area contributed by atoms with Crippen LogP contribution in [-0.2, 0) is 24.0 Å². The predicted octanol–water partition coefficient (Wildman–Crippen LogP) is -4.18. The van der Waals surface area contributed by atoms with E-state index in [4.69, 9.17) is 22.9 Å². The van der Waals surface area contributed by atoms with Gasteiger partial charge in [0.1, 0.15) is 18.1 Å². The molecule has 0 heterocycles. The van der Waals surface area contributed by atoms with Gasteiger partial charge in [-0.25, -0.2) is 4.79 Å². The second kappa shape index (κ2) is 15.4. The molecule has 4 amide bonds. The number of aliphatic hydroxyl groups excluding tert-OH is 1. The van der Waals surface area contributed by atoms with Gasteiger partial charge < -0.3 is 49.1 Å². The van der Waals surface area contributed by atoms with E-state index in [1.807, 2.05) is 0 Å². The number of nitrogens with zero attached hydrogens (tertiary/aromatic N) is 1. The van der Waals surface area contributed by atoms with Crippen LogP contribution in [0, 0.1) is 5.92 Å². The molecule has 0 aromatic rings. The molecule has 0 aliphatic carbocycles. The first kappa shape index (κ1) is 30.5. The third-order valence-electron chi connectivity index (χ3n) is 4.66. The summed E-state index contributed by atoms with van der Waals surface area (Å²) in [5.41, 5.74) is 21.1. The lowest BCUT2D eigenvalue weighted by Crippen LogP contribution is -2.59. The van der Waals surface area contributed by atoms with Crippen LogP contribution in [0.1, 0.15) is 39.5 Å². The number of hydrogen-bond donors (Lipinski definition) is 9. The van der Waals surface area contributed by atoms with Crippen LogP contribution in [0.4, 0.5) is 0 Å². The van der Waals surface area contributed by atoms with Crippen molar-refractivity contribution in [1.29, 1.82) is 0 Å². The lowest BCUT2D eigenvalue weighted by molar-refractivity contribution is -0.142. The molecule has 0 aromatic carbocycles. The van der Waals surface area contributed by atoms with E-state index in [2.05, 4.69) is 20.9 Å². The number of hydrogen-bond acceptors (Lipinski definition) is 8. The highest BCUT2D eigenvalue weighted by atomic mass is 16.4. The van der Waals surface area contributed by atoms with Crippen LogP contribution in [0.3, 0.4) is 0 Å². The van der Waals surface area contributed by atoms with Gasteiger partial charge in [0.2, 0.25) is 23.6 Å². The van der Waals surface area contributed by atoms with Crippen molar-refractivity contribution >= 4 is 35.6 Å². The molecular weight excluding hydrogens is 452 g/mol. The number of guanidine groups is 1. The molecule has 4 atom stereocenters. The Morgan fingerprint density at radius 1 is 0.882 bits per heavy atom. The molecule has 4 unspecified atom stereocenters. The van der Waals surface area contributed by atoms with Crippen LogP contribution in [-0.4, -0.2) is 83.1 Å². The number of rotatable bonds is 16. The van der Waals surface area contributed by atoms with Crippen molar-refractivity contribution in [2.75, 3.05) is 13.2 Å². The van der Waals surface area contributed by atoms with Crippen molar-refractivity contribution in [1.82, 2.24) is 16.0 Å². The first-order chi connectivity index (χ1) is 15.8. The number of amides is 4. The largest absolute Gasteiger partial charge is 0.480 e. The Morgan fingerprint density at radius 3 is 1.94 bits per heavy atom. The van der Waals surface area contributed by atoms with E-state index in [1.165, 1.54) is 0 Å². The van der Waals surface area contributed by atoms with Gasteiger partial charge in [-0.2, -0.15) is 0 Å². The Hall–Kier alpha value is -3.46. The highest BCUT2D eigenvalue weighted by Crippen LogP contribution is 2.05. The van der Waals surface area contributed by atoms with Crippen LogP contribution < -0.4 is 38.9 Å². The van der Waals surface area contributed by atoms with E-state index in [-0.39, 0.29) is 38.2 Å². The lowest BCUT2D eigenvalue weighted by Gasteiger charge is -2.26. The highest BCUT2D eigenvalue weighted by Gasteiger charge is 2.31. The zero-order chi connectivity index (χ0) is 26.4. The summed E-state index contributed by atoms with van der Waals surface area (Å²) in [6.07, 6.45) is 0.117. The van der Waals surface area contributed by atoms with E-state index in [0.717, 1.165) is 0 Å². The zero-order valence-corrected chi connectivity index (χ0v) is 19.3. The fraction of sp³-hybridized carbons (Fsp3) is 0.684. The smallest absolute Gasteiger partial charge is 0.326 e. The van der Waals surface area contributed by atoms with Gasteiger partial charge in [0.15, 0.2) is 5.96 Å². The molecular formula is C19H36N8O7. The van der Waals surface area contributed by atoms with E-state index in [1.54, 1.807) is 13.8 Å². The van der Waals surface area contributed by atoms with Crippen molar-refractivity contribution < 1.29 is 34.2 Å². The van der Waals surface area contributed by atoms with Crippen molar-refractivity contribution in [3.05, 3.63) is 0 Å². The van der Waals surface area contributed by atoms with Gasteiger partial charge in [0, 0.05) is 13.0 Å². The number of nitrogens with two attached hydrogens (primary N) is 4. The summed E-state index contributed by atoms with van der Waals surface area (Å²) in [5.74, 6) is -4.97. The van der Waals surface area contributed by atoms with Crippen LogP contribution in [0.2, 0.25) is 0 Å². The minimum absolute atomic E-state index is 0.00217. The second-order valence-corrected chi connectivity index (χ2v) is 7.93. The molecule has 13 N–H and O–H groups in total. The Kier molecular flexibility index (Phi) is 13.8. The molecule has 0 aliphatic rings. The Balaban J connectivity index is 5.10. The lowest BCUT2D eigenvalue weighted by atomic mass is 10.0. The molecule has 0 bridgehead atoms. The van der Waals surface area contributed by atoms with Gasteiger partial charge in [0.05, 0.1) is 12.6 Å². The number of carboxylic acids is 1. The molecule has 0 saturated heterocycles. The minimum Gasteiger partial charge on any atom is -0.480 e. The van der Waals surface area contributed by atoms with Crippen molar-refractivity contribution in [3.8, 4) is 0 Å². The van der Waals surface area contributed by atoms with E-state index < -0.39 is 66.3 Å². The summed E-state index contributed by atoms with van der Waals surface area (Å²) < 4.78 is 0. The molecule has 15 heteroatoms. The average Bonchev–Trinajstić information content (AvgIpc) is 2.74. The summed E-state index contributed by atoms with van der Waals surface area (Å²) in [7, 11) is 0. The SMILES string of the molecule is CC(C)C(NC(=O)C(N)CCC(N)=O)C(=O)NC(CO)C(=O)NC(CCCN=C(N)N)C(=O)O. The number of aliphatic imine (C=N–C) groups is 1. The molecule has 194 valence electrons. The topological polar surface area (TPSA) is 278 Å². The summed E-state index contributed by atoms with van der Waals surface area (Å²) in [4.78, 5) is 63.4. The van der Waals surface area contributed by atoms with Crippen LogP contribution in [0.25, 0.3) is 0 Å². The number of aliphatic carboxylic acids is 1. The predicted molar refractivity (Wildman–Crippen MR) is 122 cm³/mol. The van der Waals surface area contributed by atoms with Gasteiger partial charge >= 0.3 is 5.97 Å². The maximum absolute atomic E-state index is 12.7. The molecule has 0 rings (SSSR count). The molecule has 0 radical (unpaired) electrons. The Morgan fingerprint density at radius 2 is 1.47 bits per heavy atom. The van der Waals surface area contributed by atoms with Gasteiger partial charge in [-0.15, -0.1) is 0 Å². The minimum atomic E-state index is -1.48. The van der Waals surface area contributed by atoms with Crippen LogP contribution in [0.15, 0.2) is 4.99 Å². The summed E-state index contributed by atoms with van der Waals surface area (Å²) in [5, 5.41) is 25.9. The van der Waals surface area contributed by atoms with Crippen molar-refractivity contribution in [2.24, 2.45) is 33.8 Å². The normalized spacial score (nSPS) is 14.3. The Bertz CT molecular complexity index is 755. The molecule has 0 aliphatic heterocycles. The first-order valence-corrected chi connectivity index (χ1v) is 10.6. The molecule has 15 nitrogen and oxygen atoms in total. The fourth-order valence-corrected chi connectivity index (χ4v) is 2.71. The number of aliphatic hydroxyl groups is 1. The zero-order valence-electron chi connectivity index (χ0n) is 19.3. The molecule has 0 spiro atoms. The summed E-state index contributed by atoms with van der Waals surface area (Å²) in [6.45, 7) is 2.59. The number of nitrogens with one attached hydrogen (secondary N) is 3. The third-order valence-corrected chi connectivity index (χ3v) is 4.66. The van der Waals surface area contributed by atoms with Crippen LogP contribution in [0.5, 0.6) is 0 Å². The quantitative estimate of drug-likeness (QED) is 0.0573. The van der Waals surface area contributed by atoms with E-state index >= 15 is 0 Å². The van der Waals surface area contributed by atoms with Gasteiger partial charge in [-0.3, -0.25) is 24.2 Å². The van der Waals surface area contributed by atoms with Gasteiger partial charge in [-0.1, -0.05) is 13.8 Å².